The summed E-state index contributed by atoms with van der Waals surface area (Å²) < 4.78 is 0. The largest absolute Gasteiger partial charge is 0.332 e. The van der Waals surface area contributed by atoms with Crippen molar-refractivity contribution in [3.63, 3.8) is 0 Å². The van der Waals surface area contributed by atoms with E-state index < -0.39 is 0 Å². The van der Waals surface area contributed by atoms with Crippen LogP contribution >= 0.6 is 11.6 Å². The van der Waals surface area contributed by atoms with Crippen molar-refractivity contribution in [3.8, 4) is 11.3 Å². The van der Waals surface area contributed by atoms with Crippen LogP contribution in [0.2, 0.25) is 5.28 Å². The van der Waals surface area contributed by atoms with Gasteiger partial charge in [-0.05, 0) is 30.7 Å². The van der Waals surface area contributed by atoms with Gasteiger partial charge in [0.15, 0.2) is 0 Å². The number of halogens is 1. The normalized spacial score (nSPS) is 10.3. The van der Waals surface area contributed by atoms with Crippen molar-refractivity contribution in [2.75, 3.05) is 0 Å². The van der Waals surface area contributed by atoms with E-state index in [9.17, 15) is 0 Å². The Kier molecular flexibility index (Phi) is 2.02. The van der Waals surface area contributed by atoms with E-state index in [1.54, 1.807) is 12.4 Å². The van der Waals surface area contributed by atoms with Gasteiger partial charge < -0.3 is 4.98 Å². The third kappa shape index (κ3) is 1.55. The first-order valence-electron chi connectivity index (χ1n) is 3.90. The Hall–Kier alpha value is -1.35. The standard InChI is InChI=1S/C9H8ClN3/c1-6-8(13-9(10)12-6)7-3-2-4-11-5-7/h2-5H,1H3,(H,12,13). The molecule has 0 saturated heterocycles. The Bertz CT molecular complexity index is 408. The van der Waals surface area contributed by atoms with E-state index in [-0.39, 0.29) is 0 Å². The first-order chi connectivity index (χ1) is 6.27. The molecular weight excluding hydrogens is 186 g/mol. The van der Waals surface area contributed by atoms with Crippen LogP contribution in [0, 0.1) is 6.92 Å². The van der Waals surface area contributed by atoms with Crippen molar-refractivity contribution in [1.82, 2.24) is 15.0 Å². The molecule has 3 nitrogen and oxygen atoms in total. The van der Waals surface area contributed by atoms with E-state index in [0.717, 1.165) is 17.0 Å². The highest BCUT2D eigenvalue weighted by molar-refractivity contribution is 6.28. The maximum Gasteiger partial charge on any atom is 0.200 e. The smallest absolute Gasteiger partial charge is 0.200 e. The van der Waals surface area contributed by atoms with Crippen molar-refractivity contribution in [1.29, 1.82) is 0 Å². The second-order valence-electron chi connectivity index (χ2n) is 2.74. The minimum absolute atomic E-state index is 0.413. The monoisotopic (exact) mass is 193 g/mol. The van der Waals surface area contributed by atoms with Crippen LogP contribution in [-0.4, -0.2) is 15.0 Å². The summed E-state index contributed by atoms with van der Waals surface area (Å²) in [6.07, 6.45) is 3.49. The molecule has 13 heavy (non-hydrogen) atoms. The van der Waals surface area contributed by atoms with Crippen LogP contribution in [-0.2, 0) is 0 Å². The van der Waals surface area contributed by atoms with Gasteiger partial charge in [-0.2, -0.15) is 0 Å². The zero-order valence-electron chi connectivity index (χ0n) is 7.08. The predicted octanol–water partition coefficient (Wildman–Crippen LogP) is 2.43. The van der Waals surface area contributed by atoms with Gasteiger partial charge in [-0.25, -0.2) is 4.98 Å². The number of H-pyrrole nitrogens is 1. The van der Waals surface area contributed by atoms with Crippen LogP contribution < -0.4 is 0 Å². The molecule has 2 heterocycles. The molecule has 0 fully saturated rings. The van der Waals surface area contributed by atoms with Gasteiger partial charge in [0, 0.05) is 23.7 Å². The number of rotatable bonds is 1. The Morgan fingerprint density at radius 3 is 2.85 bits per heavy atom. The Labute approximate surface area is 80.8 Å². The van der Waals surface area contributed by atoms with Crippen molar-refractivity contribution in [2.24, 2.45) is 0 Å². The summed E-state index contributed by atoms with van der Waals surface area (Å²) in [5.74, 6) is 0. The first kappa shape index (κ1) is 8.26. The van der Waals surface area contributed by atoms with Gasteiger partial charge in [-0.3, -0.25) is 4.98 Å². The number of nitrogens with one attached hydrogen (secondary N) is 1. The number of hydrogen-bond donors (Lipinski definition) is 1. The molecule has 2 aromatic heterocycles. The molecule has 0 aliphatic heterocycles. The molecule has 1 N–H and O–H groups in total. The second kappa shape index (κ2) is 3.18. The maximum atomic E-state index is 5.73. The number of aromatic nitrogens is 3. The zero-order chi connectivity index (χ0) is 9.26. The van der Waals surface area contributed by atoms with Gasteiger partial charge in [-0.15, -0.1) is 0 Å². The highest BCUT2D eigenvalue weighted by atomic mass is 35.5. The number of aryl methyl sites for hydroxylation is 1. The number of pyridine rings is 1. The molecule has 0 bridgehead atoms. The van der Waals surface area contributed by atoms with Crippen molar-refractivity contribution in [3.05, 3.63) is 35.5 Å². The zero-order valence-corrected chi connectivity index (χ0v) is 7.84. The molecule has 0 amide bonds. The summed E-state index contributed by atoms with van der Waals surface area (Å²) >= 11 is 5.73. The van der Waals surface area contributed by atoms with Crippen LogP contribution in [0.5, 0.6) is 0 Å². The van der Waals surface area contributed by atoms with Gasteiger partial charge in [0.2, 0.25) is 5.28 Å². The van der Waals surface area contributed by atoms with E-state index in [2.05, 4.69) is 15.0 Å². The molecule has 0 unspecified atom stereocenters. The maximum absolute atomic E-state index is 5.73. The molecule has 0 radical (unpaired) electrons. The number of imidazole rings is 1. The molecule has 0 spiro atoms. The Morgan fingerprint density at radius 1 is 1.46 bits per heavy atom. The van der Waals surface area contributed by atoms with Gasteiger partial charge >= 0.3 is 0 Å². The van der Waals surface area contributed by atoms with Crippen LogP contribution in [0.1, 0.15) is 5.69 Å². The summed E-state index contributed by atoms with van der Waals surface area (Å²) in [5, 5.41) is 0.413. The van der Waals surface area contributed by atoms with Crippen molar-refractivity contribution in [2.45, 2.75) is 6.92 Å². The molecule has 4 heteroatoms. The highest BCUT2D eigenvalue weighted by Gasteiger charge is 2.06. The summed E-state index contributed by atoms with van der Waals surface area (Å²) in [6.45, 7) is 1.93. The fourth-order valence-electron chi connectivity index (χ4n) is 1.21. The van der Waals surface area contributed by atoms with Gasteiger partial charge in [0.05, 0.1) is 5.69 Å². The van der Waals surface area contributed by atoms with Crippen molar-refractivity contribution < 1.29 is 0 Å². The fraction of sp³-hybridized carbons (Fsp3) is 0.111. The third-order valence-corrected chi connectivity index (χ3v) is 1.97. The number of hydrogen-bond acceptors (Lipinski definition) is 2. The van der Waals surface area contributed by atoms with Crippen LogP contribution in [0.25, 0.3) is 11.3 Å². The van der Waals surface area contributed by atoms with Crippen LogP contribution in [0.3, 0.4) is 0 Å². The predicted molar refractivity (Wildman–Crippen MR) is 51.6 cm³/mol. The topological polar surface area (TPSA) is 41.6 Å². The molecular formula is C9H8ClN3. The molecule has 2 rings (SSSR count). The fourth-order valence-corrected chi connectivity index (χ4v) is 1.43. The summed E-state index contributed by atoms with van der Waals surface area (Å²) in [6, 6.07) is 3.82. The third-order valence-electron chi connectivity index (χ3n) is 1.79. The first-order valence-corrected chi connectivity index (χ1v) is 4.27. The second-order valence-corrected chi connectivity index (χ2v) is 3.10. The van der Waals surface area contributed by atoms with Crippen LogP contribution in [0.15, 0.2) is 24.5 Å². The van der Waals surface area contributed by atoms with E-state index in [4.69, 9.17) is 11.6 Å². The summed E-state index contributed by atoms with van der Waals surface area (Å²) in [5.41, 5.74) is 2.79. The minimum Gasteiger partial charge on any atom is -0.332 e. The average Bonchev–Trinajstić information content (AvgIpc) is 2.47. The van der Waals surface area contributed by atoms with E-state index in [0.29, 0.717) is 5.28 Å². The Morgan fingerprint density at radius 2 is 2.31 bits per heavy atom. The molecule has 2 aromatic rings. The minimum atomic E-state index is 0.413. The lowest BCUT2D eigenvalue weighted by atomic mass is 10.2. The average molecular weight is 194 g/mol. The van der Waals surface area contributed by atoms with Gasteiger partial charge in [0.25, 0.3) is 0 Å². The SMILES string of the molecule is Cc1[nH]c(Cl)nc1-c1cccnc1. The molecule has 0 aliphatic carbocycles. The number of aromatic amines is 1. The molecule has 0 saturated carbocycles. The van der Waals surface area contributed by atoms with Gasteiger partial charge in [0.1, 0.15) is 0 Å². The summed E-state index contributed by atoms with van der Waals surface area (Å²) in [4.78, 5) is 11.1. The molecule has 66 valence electrons. The summed E-state index contributed by atoms with van der Waals surface area (Å²) in [7, 11) is 0. The van der Waals surface area contributed by atoms with Crippen LogP contribution in [0.4, 0.5) is 0 Å². The highest BCUT2D eigenvalue weighted by Crippen LogP contribution is 2.21. The lowest BCUT2D eigenvalue weighted by molar-refractivity contribution is 1.25. The van der Waals surface area contributed by atoms with E-state index in [1.807, 2.05) is 19.1 Å². The van der Waals surface area contributed by atoms with Gasteiger partial charge in [-0.1, -0.05) is 0 Å². The number of nitrogens with zero attached hydrogens (tertiary/aromatic N) is 2. The quantitative estimate of drug-likeness (QED) is 0.756. The Balaban J connectivity index is 2.53. The lowest BCUT2D eigenvalue weighted by Gasteiger charge is -1.95. The molecule has 0 atom stereocenters. The molecule has 0 aromatic carbocycles. The lowest BCUT2D eigenvalue weighted by Crippen LogP contribution is -1.81. The van der Waals surface area contributed by atoms with E-state index in [1.165, 1.54) is 0 Å². The van der Waals surface area contributed by atoms with E-state index >= 15 is 0 Å². The molecule has 0 aliphatic rings. The van der Waals surface area contributed by atoms with Crippen molar-refractivity contribution >= 4 is 11.6 Å².